The van der Waals surface area contributed by atoms with Gasteiger partial charge in [-0.25, -0.2) is 8.78 Å². The van der Waals surface area contributed by atoms with E-state index in [1.54, 1.807) is 0 Å². The van der Waals surface area contributed by atoms with Crippen LogP contribution in [0, 0.1) is 11.6 Å². The lowest BCUT2D eigenvalue weighted by Gasteiger charge is -2.08. The Kier molecular flexibility index (Phi) is 4.60. The summed E-state index contributed by atoms with van der Waals surface area (Å²) in [4.78, 5) is 12.0. The van der Waals surface area contributed by atoms with Crippen LogP contribution in [0.3, 0.4) is 0 Å². The first-order valence-electron chi connectivity index (χ1n) is 7.78. The van der Waals surface area contributed by atoms with Crippen molar-refractivity contribution >= 4 is 16.8 Å². The molecule has 0 atom stereocenters. The van der Waals surface area contributed by atoms with Crippen molar-refractivity contribution in [3.05, 3.63) is 71.4 Å². The van der Waals surface area contributed by atoms with Gasteiger partial charge in [-0.3, -0.25) is 4.79 Å². The maximum Gasteiger partial charge on any atom is 0.220 e. The van der Waals surface area contributed by atoms with Crippen LogP contribution in [0.15, 0.2) is 48.7 Å². The van der Waals surface area contributed by atoms with E-state index in [0.29, 0.717) is 12.8 Å². The van der Waals surface area contributed by atoms with Crippen molar-refractivity contribution in [1.82, 2.24) is 9.88 Å². The van der Waals surface area contributed by atoms with E-state index < -0.39 is 11.6 Å². The van der Waals surface area contributed by atoms with Crippen LogP contribution < -0.4 is 5.32 Å². The number of carbonyl (C=O) groups is 1. The highest BCUT2D eigenvalue weighted by molar-refractivity contribution is 5.84. The van der Waals surface area contributed by atoms with E-state index in [1.807, 2.05) is 42.1 Å². The number of hydrogen-bond donors (Lipinski definition) is 1. The van der Waals surface area contributed by atoms with Crippen molar-refractivity contribution in [2.75, 3.05) is 0 Å². The zero-order chi connectivity index (χ0) is 17.1. The SMILES string of the molecule is Cn1ccc2c(CCC(=O)NCc3cc(F)ccc3F)cccc21. The molecule has 0 fully saturated rings. The molecule has 0 radical (unpaired) electrons. The van der Waals surface area contributed by atoms with Crippen molar-refractivity contribution in [2.45, 2.75) is 19.4 Å². The lowest BCUT2D eigenvalue weighted by atomic mass is 10.0. The number of aromatic nitrogens is 1. The third-order valence-electron chi connectivity index (χ3n) is 4.12. The molecule has 0 saturated heterocycles. The van der Waals surface area contributed by atoms with Crippen molar-refractivity contribution in [1.29, 1.82) is 0 Å². The molecule has 0 aliphatic heterocycles. The molecule has 2 aromatic carbocycles. The standard InChI is InChI=1S/C19H18F2N2O/c1-23-10-9-16-13(3-2-4-18(16)23)5-8-19(24)22-12-14-11-15(20)6-7-17(14)21/h2-4,6-7,9-11H,5,8,12H2,1H3,(H,22,24). The second-order valence-corrected chi connectivity index (χ2v) is 5.79. The number of rotatable bonds is 5. The van der Waals surface area contributed by atoms with E-state index in [0.717, 1.165) is 34.7 Å². The highest BCUT2D eigenvalue weighted by Gasteiger charge is 2.09. The van der Waals surface area contributed by atoms with Crippen LogP contribution in [-0.4, -0.2) is 10.5 Å². The van der Waals surface area contributed by atoms with Gasteiger partial charge in [-0.1, -0.05) is 12.1 Å². The van der Waals surface area contributed by atoms with Gasteiger partial charge in [0.15, 0.2) is 0 Å². The minimum atomic E-state index is -0.522. The van der Waals surface area contributed by atoms with Gasteiger partial charge in [-0.05, 0) is 42.3 Å². The molecule has 0 unspecified atom stereocenters. The Bertz CT molecular complexity index is 886. The first kappa shape index (κ1) is 16.2. The zero-order valence-corrected chi connectivity index (χ0v) is 13.4. The summed E-state index contributed by atoms with van der Waals surface area (Å²) in [6, 6.07) is 11.3. The lowest BCUT2D eigenvalue weighted by Crippen LogP contribution is -2.23. The highest BCUT2D eigenvalue weighted by Crippen LogP contribution is 2.20. The number of nitrogens with one attached hydrogen (secondary N) is 1. The van der Waals surface area contributed by atoms with E-state index in [2.05, 4.69) is 5.32 Å². The monoisotopic (exact) mass is 328 g/mol. The Morgan fingerprint density at radius 2 is 1.96 bits per heavy atom. The predicted molar refractivity (Wildman–Crippen MR) is 89.4 cm³/mol. The molecule has 24 heavy (non-hydrogen) atoms. The normalized spacial score (nSPS) is 11.0. The summed E-state index contributed by atoms with van der Waals surface area (Å²) >= 11 is 0. The maximum absolute atomic E-state index is 13.5. The van der Waals surface area contributed by atoms with Gasteiger partial charge in [0.1, 0.15) is 11.6 Å². The van der Waals surface area contributed by atoms with Gasteiger partial charge in [0, 0.05) is 42.7 Å². The van der Waals surface area contributed by atoms with E-state index in [4.69, 9.17) is 0 Å². The Balaban J connectivity index is 1.60. The molecule has 0 saturated carbocycles. The molecule has 0 spiro atoms. The molecule has 124 valence electrons. The van der Waals surface area contributed by atoms with Gasteiger partial charge in [0.25, 0.3) is 0 Å². The number of hydrogen-bond acceptors (Lipinski definition) is 1. The third-order valence-corrected chi connectivity index (χ3v) is 4.12. The van der Waals surface area contributed by atoms with E-state index >= 15 is 0 Å². The summed E-state index contributed by atoms with van der Waals surface area (Å²) in [5, 5.41) is 3.77. The lowest BCUT2D eigenvalue weighted by molar-refractivity contribution is -0.121. The number of carbonyl (C=O) groups excluding carboxylic acids is 1. The average molecular weight is 328 g/mol. The van der Waals surface area contributed by atoms with Gasteiger partial charge < -0.3 is 9.88 Å². The summed E-state index contributed by atoms with van der Waals surface area (Å²) in [6.07, 6.45) is 2.88. The predicted octanol–water partition coefficient (Wildman–Crippen LogP) is 3.71. The Hall–Kier alpha value is -2.69. The molecule has 0 aliphatic rings. The highest BCUT2D eigenvalue weighted by atomic mass is 19.1. The summed E-state index contributed by atoms with van der Waals surface area (Å²) in [5.74, 6) is -1.23. The van der Waals surface area contributed by atoms with E-state index in [9.17, 15) is 13.6 Å². The summed E-state index contributed by atoms with van der Waals surface area (Å²) < 4.78 is 28.7. The van der Waals surface area contributed by atoms with E-state index in [-0.39, 0.29) is 18.0 Å². The van der Waals surface area contributed by atoms with Crippen molar-refractivity contribution in [3.63, 3.8) is 0 Å². The largest absolute Gasteiger partial charge is 0.352 e. The van der Waals surface area contributed by atoms with Crippen LogP contribution in [0.1, 0.15) is 17.5 Å². The topological polar surface area (TPSA) is 34.0 Å². The molecule has 1 heterocycles. The quantitative estimate of drug-likeness (QED) is 0.761. The first-order chi connectivity index (χ1) is 11.5. The number of halogens is 2. The van der Waals surface area contributed by atoms with Gasteiger partial charge >= 0.3 is 0 Å². The maximum atomic E-state index is 13.5. The van der Waals surface area contributed by atoms with Crippen molar-refractivity contribution in [2.24, 2.45) is 7.05 Å². The molecule has 3 rings (SSSR count). The Morgan fingerprint density at radius 1 is 1.12 bits per heavy atom. The average Bonchev–Trinajstić information content (AvgIpc) is 2.96. The van der Waals surface area contributed by atoms with Crippen LogP contribution >= 0.6 is 0 Å². The van der Waals surface area contributed by atoms with Crippen LogP contribution in [0.5, 0.6) is 0 Å². The molecule has 5 heteroatoms. The summed E-state index contributed by atoms with van der Waals surface area (Å²) in [7, 11) is 1.98. The van der Waals surface area contributed by atoms with Crippen LogP contribution in [0.2, 0.25) is 0 Å². The molecule has 1 amide bonds. The fourth-order valence-corrected chi connectivity index (χ4v) is 2.79. The molecular formula is C19H18F2N2O. The van der Waals surface area contributed by atoms with Crippen LogP contribution in [0.25, 0.3) is 10.9 Å². The summed E-state index contributed by atoms with van der Waals surface area (Å²) in [6.45, 7) is -0.0159. The van der Waals surface area contributed by atoms with E-state index in [1.165, 1.54) is 0 Å². The fourth-order valence-electron chi connectivity index (χ4n) is 2.79. The van der Waals surface area contributed by atoms with Gasteiger partial charge in [0.2, 0.25) is 5.91 Å². The third kappa shape index (κ3) is 3.45. The smallest absolute Gasteiger partial charge is 0.220 e. The molecule has 1 aromatic heterocycles. The van der Waals surface area contributed by atoms with Crippen LogP contribution in [0.4, 0.5) is 8.78 Å². The minimum Gasteiger partial charge on any atom is -0.352 e. The molecule has 3 aromatic rings. The number of amides is 1. The molecular weight excluding hydrogens is 310 g/mol. The molecule has 1 N–H and O–H groups in total. The first-order valence-corrected chi connectivity index (χ1v) is 7.78. The fraction of sp³-hybridized carbons (Fsp3) is 0.211. The van der Waals surface area contributed by atoms with Crippen LogP contribution in [-0.2, 0) is 24.8 Å². The Labute approximate surface area is 138 Å². The number of fused-ring (bicyclic) bond motifs is 1. The Morgan fingerprint density at radius 3 is 2.79 bits per heavy atom. The zero-order valence-electron chi connectivity index (χ0n) is 13.4. The van der Waals surface area contributed by atoms with Gasteiger partial charge in [0.05, 0.1) is 0 Å². The summed E-state index contributed by atoms with van der Waals surface area (Å²) in [5.41, 5.74) is 2.36. The molecule has 3 nitrogen and oxygen atoms in total. The minimum absolute atomic E-state index is 0.0159. The van der Waals surface area contributed by atoms with Crippen molar-refractivity contribution < 1.29 is 13.6 Å². The second-order valence-electron chi connectivity index (χ2n) is 5.79. The number of aryl methyl sites for hydroxylation is 2. The molecule has 0 bridgehead atoms. The van der Waals surface area contributed by atoms with Gasteiger partial charge in [-0.15, -0.1) is 0 Å². The number of benzene rings is 2. The second kappa shape index (κ2) is 6.83. The molecule has 0 aliphatic carbocycles. The van der Waals surface area contributed by atoms with Crippen molar-refractivity contribution in [3.8, 4) is 0 Å². The number of nitrogens with zero attached hydrogens (tertiary/aromatic N) is 1. The van der Waals surface area contributed by atoms with Gasteiger partial charge in [-0.2, -0.15) is 0 Å².